The Balaban J connectivity index is 1.69. The lowest BCUT2D eigenvalue weighted by molar-refractivity contribution is -0.124. The van der Waals surface area contributed by atoms with Gasteiger partial charge in [0.15, 0.2) is 11.5 Å². The molecule has 0 fully saturated rings. The minimum absolute atomic E-state index is 0.426. The average Bonchev–Trinajstić information content (AvgIpc) is 2.75. The van der Waals surface area contributed by atoms with Crippen molar-refractivity contribution in [2.45, 2.75) is 19.1 Å². The molecule has 0 saturated heterocycles. The number of rotatable bonds is 7. The third-order valence-electron chi connectivity index (χ3n) is 4.79. The number of ether oxygens (including phenoxy) is 2. The summed E-state index contributed by atoms with van der Waals surface area (Å²) in [6, 6.07) is 12.6. The minimum Gasteiger partial charge on any atom is -0.486 e. The molecule has 2 aromatic heterocycles. The van der Waals surface area contributed by atoms with Crippen LogP contribution in [0.2, 0.25) is 0 Å². The highest BCUT2D eigenvalue weighted by atomic mass is 16.6. The van der Waals surface area contributed by atoms with Crippen LogP contribution in [0, 0.1) is 0 Å². The Labute approximate surface area is 169 Å². The van der Waals surface area contributed by atoms with E-state index in [1.54, 1.807) is 24.8 Å². The SMILES string of the molecule is NC(=O)C(c1ccc2c(c1)OCCO2)N(Cc1ccncc1)Cc1ccncc1. The number of aromatic nitrogens is 2. The Morgan fingerprint density at radius 3 is 2.00 bits per heavy atom. The van der Waals surface area contributed by atoms with E-state index in [4.69, 9.17) is 15.2 Å². The van der Waals surface area contributed by atoms with Gasteiger partial charge in [0.2, 0.25) is 5.91 Å². The molecule has 0 saturated carbocycles. The molecular weight excluding hydrogens is 368 g/mol. The first-order valence-electron chi connectivity index (χ1n) is 9.41. The lowest BCUT2D eigenvalue weighted by Gasteiger charge is -2.31. The van der Waals surface area contributed by atoms with Crippen molar-refractivity contribution >= 4 is 5.91 Å². The van der Waals surface area contributed by atoms with Crippen molar-refractivity contribution in [1.29, 1.82) is 0 Å². The van der Waals surface area contributed by atoms with E-state index < -0.39 is 11.9 Å². The lowest BCUT2D eigenvalue weighted by Crippen LogP contribution is -2.37. The predicted octanol–water partition coefficient (Wildman–Crippen LogP) is 2.48. The largest absolute Gasteiger partial charge is 0.486 e. The van der Waals surface area contributed by atoms with E-state index in [0.29, 0.717) is 37.8 Å². The number of amides is 1. The molecule has 7 heteroatoms. The fourth-order valence-corrected chi connectivity index (χ4v) is 3.47. The smallest absolute Gasteiger partial charge is 0.239 e. The van der Waals surface area contributed by atoms with Gasteiger partial charge in [-0.1, -0.05) is 6.07 Å². The van der Waals surface area contributed by atoms with Crippen LogP contribution in [0.5, 0.6) is 11.5 Å². The molecule has 1 amide bonds. The molecule has 1 aliphatic rings. The fourth-order valence-electron chi connectivity index (χ4n) is 3.47. The number of hydrogen-bond acceptors (Lipinski definition) is 6. The third kappa shape index (κ3) is 4.52. The maximum absolute atomic E-state index is 12.6. The highest BCUT2D eigenvalue weighted by Gasteiger charge is 2.28. The van der Waals surface area contributed by atoms with Crippen LogP contribution < -0.4 is 15.2 Å². The van der Waals surface area contributed by atoms with Crippen LogP contribution >= 0.6 is 0 Å². The molecule has 1 atom stereocenters. The van der Waals surface area contributed by atoms with Crippen molar-refractivity contribution in [2.24, 2.45) is 5.73 Å². The van der Waals surface area contributed by atoms with Crippen molar-refractivity contribution < 1.29 is 14.3 Å². The Morgan fingerprint density at radius 2 is 1.45 bits per heavy atom. The van der Waals surface area contributed by atoms with Crippen LogP contribution in [0.1, 0.15) is 22.7 Å². The molecular formula is C22H22N4O3. The minimum atomic E-state index is -0.632. The van der Waals surface area contributed by atoms with Gasteiger partial charge in [0.1, 0.15) is 19.3 Å². The summed E-state index contributed by atoms with van der Waals surface area (Å²) < 4.78 is 11.3. The number of carbonyl (C=O) groups excluding carboxylic acids is 1. The zero-order valence-electron chi connectivity index (χ0n) is 15.9. The Hall–Kier alpha value is -3.45. The molecule has 148 valence electrons. The highest BCUT2D eigenvalue weighted by Crippen LogP contribution is 2.35. The zero-order chi connectivity index (χ0) is 20.1. The number of hydrogen-bond donors (Lipinski definition) is 1. The van der Waals surface area contributed by atoms with Crippen molar-refractivity contribution in [2.75, 3.05) is 13.2 Å². The normalized spacial score (nSPS) is 13.8. The summed E-state index contributed by atoms with van der Waals surface area (Å²) in [5.41, 5.74) is 8.72. The fraction of sp³-hybridized carbons (Fsp3) is 0.227. The summed E-state index contributed by atoms with van der Waals surface area (Å²) in [4.78, 5) is 22.8. The zero-order valence-corrected chi connectivity index (χ0v) is 15.9. The third-order valence-corrected chi connectivity index (χ3v) is 4.79. The van der Waals surface area contributed by atoms with E-state index in [0.717, 1.165) is 16.7 Å². The number of nitrogens with zero attached hydrogens (tertiary/aromatic N) is 3. The van der Waals surface area contributed by atoms with Crippen LogP contribution in [-0.2, 0) is 17.9 Å². The van der Waals surface area contributed by atoms with Crippen molar-refractivity contribution in [1.82, 2.24) is 14.9 Å². The number of pyridine rings is 2. The molecule has 3 aromatic rings. The summed E-state index contributed by atoms with van der Waals surface area (Å²) in [6.07, 6.45) is 6.96. The van der Waals surface area contributed by atoms with Crippen LogP contribution in [0.3, 0.4) is 0 Å². The molecule has 1 aromatic carbocycles. The van der Waals surface area contributed by atoms with Gasteiger partial charge in [0.25, 0.3) is 0 Å². The van der Waals surface area contributed by atoms with Gasteiger partial charge in [-0.25, -0.2) is 0 Å². The molecule has 0 bridgehead atoms. The van der Waals surface area contributed by atoms with E-state index >= 15 is 0 Å². The van der Waals surface area contributed by atoms with Crippen LogP contribution in [-0.4, -0.2) is 34.0 Å². The van der Waals surface area contributed by atoms with E-state index in [1.165, 1.54) is 0 Å². The van der Waals surface area contributed by atoms with E-state index in [1.807, 2.05) is 47.4 Å². The van der Waals surface area contributed by atoms with Crippen molar-refractivity contribution in [3.63, 3.8) is 0 Å². The van der Waals surface area contributed by atoms with Gasteiger partial charge in [-0.2, -0.15) is 0 Å². The average molecular weight is 390 g/mol. The summed E-state index contributed by atoms with van der Waals surface area (Å²) in [7, 11) is 0. The maximum Gasteiger partial charge on any atom is 0.239 e. The summed E-state index contributed by atoms with van der Waals surface area (Å²) in [5.74, 6) is 0.885. The predicted molar refractivity (Wildman–Crippen MR) is 107 cm³/mol. The first-order valence-corrected chi connectivity index (χ1v) is 9.41. The van der Waals surface area contributed by atoms with E-state index in [2.05, 4.69) is 9.97 Å². The standard InChI is InChI=1S/C22H22N4O3/c23-22(27)21(18-1-2-19-20(13-18)29-12-11-28-19)26(14-16-3-7-24-8-4-16)15-17-5-9-25-10-6-17/h1-10,13,21H,11-12,14-15H2,(H2,23,27). The summed E-state index contributed by atoms with van der Waals surface area (Å²) >= 11 is 0. The first-order chi connectivity index (χ1) is 14.2. The van der Waals surface area contributed by atoms with Crippen LogP contribution in [0.4, 0.5) is 0 Å². The topological polar surface area (TPSA) is 90.6 Å². The van der Waals surface area contributed by atoms with E-state index in [-0.39, 0.29) is 0 Å². The summed E-state index contributed by atoms with van der Waals surface area (Å²) in [6.45, 7) is 2.07. The summed E-state index contributed by atoms with van der Waals surface area (Å²) in [5, 5.41) is 0. The second-order valence-electron chi connectivity index (χ2n) is 6.82. The first kappa shape index (κ1) is 18.9. The highest BCUT2D eigenvalue weighted by molar-refractivity contribution is 5.81. The Kier molecular flexibility index (Phi) is 5.67. The monoisotopic (exact) mass is 390 g/mol. The van der Waals surface area contributed by atoms with Gasteiger partial charge in [0, 0.05) is 37.9 Å². The van der Waals surface area contributed by atoms with Crippen molar-refractivity contribution in [3.8, 4) is 11.5 Å². The molecule has 0 aliphatic carbocycles. The van der Waals surface area contributed by atoms with Gasteiger partial charge in [-0.05, 0) is 53.1 Å². The lowest BCUT2D eigenvalue weighted by atomic mass is 10.0. The molecule has 0 spiro atoms. The number of primary amides is 1. The Morgan fingerprint density at radius 1 is 0.897 bits per heavy atom. The van der Waals surface area contributed by atoms with Gasteiger partial charge in [-0.3, -0.25) is 19.7 Å². The number of carbonyl (C=O) groups is 1. The molecule has 4 rings (SSSR count). The second-order valence-corrected chi connectivity index (χ2v) is 6.82. The van der Waals surface area contributed by atoms with Gasteiger partial charge in [0.05, 0.1) is 0 Å². The molecule has 1 aliphatic heterocycles. The van der Waals surface area contributed by atoms with Gasteiger partial charge >= 0.3 is 0 Å². The van der Waals surface area contributed by atoms with Gasteiger partial charge < -0.3 is 15.2 Å². The molecule has 3 heterocycles. The molecule has 0 radical (unpaired) electrons. The Bertz CT molecular complexity index is 925. The molecule has 7 nitrogen and oxygen atoms in total. The van der Waals surface area contributed by atoms with E-state index in [9.17, 15) is 4.79 Å². The molecule has 2 N–H and O–H groups in total. The van der Waals surface area contributed by atoms with Gasteiger partial charge in [-0.15, -0.1) is 0 Å². The number of nitrogens with two attached hydrogens (primary N) is 1. The number of fused-ring (bicyclic) bond motifs is 1. The quantitative estimate of drug-likeness (QED) is 0.667. The molecule has 29 heavy (non-hydrogen) atoms. The molecule has 1 unspecified atom stereocenters. The second kappa shape index (κ2) is 8.70. The van der Waals surface area contributed by atoms with Crippen LogP contribution in [0.15, 0.2) is 67.3 Å². The number of benzene rings is 1. The van der Waals surface area contributed by atoms with Crippen LogP contribution in [0.25, 0.3) is 0 Å². The van der Waals surface area contributed by atoms with Crippen molar-refractivity contribution in [3.05, 3.63) is 83.9 Å². The maximum atomic E-state index is 12.6.